The maximum atomic E-state index is 10.1. The number of nitrogens with zero attached hydrogens (tertiary/aromatic N) is 1. The Bertz CT molecular complexity index is 574. The highest BCUT2D eigenvalue weighted by Crippen LogP contribution is 2.37. The first-order valence-corrected chi connectivity index (χ1v) is 6.40. The number of phenolic OH excluding ortho intramolecular Hbond substituents is 1. The van der Waals surface area contributed by atoms with Crippen LogP contribution in [-0.2, 0) is 12.8 Å². The number of H-pyrrole nitrogens is 1. The number of benzene rings is 1. The Kier molecular flexibility index (Phi) is 2.70. The van der Waals surface area contributed by atoms with Crippen LogP contribution < -0.4 is 5.73 Å². The standard InChI is InChI=1S/C14H17N3O/c15-13-8-11(16-17-13)14-10-5-3-1-2-4-9(10)6-7-12(14)18/h6-8,18H,1-5H2,(H3,15,16,17). The van der Waals surface area contributed by atoms with Crippen LogP contribution in [0.25, 0.3) is 11.3 Å². The van der Waals surface area contributed by atoms with E-state index in [0.29, 0.717) is 11.6 Å². The van der Waals surface area contributed by atoms with E-state index in [0.717, 1.165) is 24.1 Å². The molecule has 2 aromatic rings. The van der Waals surface area contributed by atoms with Crippen molar-refractivity contribution < 1.29 is 5.11 Å². The molecule has 1 aliphatic carbocycles. The number of nitrogen functional groups attached to an aromatic ring is 1. The van der Waals surface area contributed by atoms with E-state index in [1.165, 1.54) is 30.4 Å². The van der Waals surface area contributed by atoms with Crippen molar-refractivity contribution in [1.82, 2.24) is 10.2 Å². The van der Waals surface area contributed by atoms with Gasteiger partial charge in [-0.05, 0) is 42.9 Å². The van der Waals surface area contributed by atoms with Crippen molar-refractivity contribution in [2.24, 2.45) is 0 Å². The van der Waals surface area contributed by atoms with Gasteiger partial charge in [0.05, 0.1) is 5.69 Å². The number of anilines is 1. The highest BCUT2D eigenvalue weighted by Gasteiger charge is 2.18. The molecular weight excluding hydrogens is 226 g/mol. The number of rotatable bonds is 1. The van der Waals surface area contributed by atoms with Gasteiger partial charge < -0.3 is 10.8 Å². The van der Waals surface area contributed by atoms with Crippen LogP contribution in [0.1, 0.15) is 30.4 Å². The molecule has 0 unspecified atom stereocenters. The quantitative estimate of drug-likeness (QED) is 0.674. The predicted octanol–water partition coefficient (Wildman–Crippen LogP) is 2.63. The summed E-state index contributed by atoms with van der Waals surface area (Å²) in [6, 6.07) is 5.59. The second-order valence-electron chi connectivity index (χ2n) is 4.86. The van der Waals surface area contributed by atoms with Gasteiger partial charge in [-0.1, -0.05) is 12.5 Å². The molecule has 4 nitrogen and oxygen atoms in total. The van der Waals surface area contributed by atoms with E-state index >= 15 is 0 Å². The molecule has 94 valence electrons. The third-order valence-corrected chi connectivity index (χ3v) is 3.63. The van der Waals surface area contributed by atoms with Gasteiger partial charge in [-0.2, -0.15) is 5.10 Å². The Morgan fingerprint density at radius 2 is 2.00 bits per heavy atom. The minimum atomic E-state index is 0.305. The number of nitrogens with one attached hydrogen (secondary N) is 1. The monoisotopic (exact) mass is 243 g/mol. The molecule has 1 heterocycles. The van der Waals surface area contributed by atoms with Gasteiger partial charge in [-0.25, -0.2) is 0 Å². The first-order chi connectivity index (χ1) is 8.75. The summed E-state index contributed by atoms with van der Waals surface area (Å²) in [7, 11) is 0. The SMILES string of the molecule is Nc1cc(-c2c(O)ccc3c2CCCCC3)[nH]n1. The fourth-order valence-electron chi connectivity index (χ4n) is 2.76. The molecule has 0 saturated heterocycles. The van der Waals surface area contributed by atoms with Crippen LogP contribution in [0.4, 0.5) is 5.82 Å². The Labute approximate surface area is 106 Å². The molecule has 0 saturated carbocycles. The molecule has 0 amide bonds. The van der Waals surface area contributed by atoms with Crippen molar-refractivity contribution in [2.75, 3.05) is 5.73 Å². The zero-order valence-electron chi connectivity index (χ0n) is 10.2. The van der Waals surface area contributed by atoms with Crippen molar-refractivity contribution >= 4 is 5.82 Å². The Morgan fingerprint density at radius 3 is 2.78 bits per heavy atom. The molecule has 4 heteroatoms. The summed E-state index contributed by atoms with van der Waals surface area (Å²) in [5.41, 5.74) is 9.92. The van der Waals surface area contributed by atoms with Gasteiger partial charge >= 0.3 is 0 Å². The van der Waals surface area contributed by atoms with Gasteiger partial charge in [0.15, 0.2) is 0 Å². The first-order valence-electron chi connectivity index (χ1n) is 6.40. The maximum absolute atomic E-state index is 10.1. The smallest absolute Gasteiger partial charge is 0.145 e. The summed E-state index contributed by atoms with van der Waals surface area (Å²) in [5, 5.41) is 17.0. The fourth-order valence-corrected chi connectivity index (χ4v) is 2.76. The molecule has 0 fully saturated rings. The molecule has 4 N–H and O–H groups in total. The lowest BCUT2D eigenvalue weighted by Gasteiger charge is -2.12. The molecule has 1 aromatic carbocycles. The Morgan fingerprint density at radius 1 is 1.17 bits per heavy atom. The summed E-state index contributed by atoms with van der Waals surface area (Å²) in [5.74, 6) is 0.759. The summed E-state index contributed by atoms with van der Waals surface area (Å²) in [4.78, 5) is 0. The van der Waals surface area contributed by atoms with Crippen molar-refractivity contribution in [3.05, 3.63) is 29.3 Å². The van der Waals surface area contributed by atoms with E-state index in [-0.39, 0.29) is 0 Å². The Hall–Kier alpha value is -1.97. The minimum absolute atomic E-state index is 0.305. The van der Waals surface area contributed by atoms with Crippen LogP contribution in [0.5, 0.6) is 5.75 Å². The van der Waals surface area contributed by atoms with Crippen LogP contribution in [-0.4, -0.2) is 15.3 Å². The second kappa shape index (κ2) is 4.37. The fraction of sp³-hybridized carbons (Fsp3) is 0.357. The molecule has 18 heavy (non-hydrogen) atoms. The summed E-state index contributed by atoms with van der Waals surface area (Å²) < 4.78 is 0. The molecular formula is C14H17N3O. The third kappa shape index (κ3) is 1.83. The highest BCUT2D eigenvalue weighted by atomic mass is 16.3. The van der Waals surface area contributed by atoms with Crippen molar-refractivity contribution in [3.63, 3.8) is 0 Å². The minimum Gasteiger partial charge on any atom is -0.507 e. The van der Waals surface area contributed by atoms with Crippen LogP contribution in [0, 0.1) is 0 Å². The average Bonchev–Trinajstić information content (AvgIpc) is 2.63. The highest BCUT2D eigenvalue weighted by molar-refractivity contribution is 5.73. The first kappa shape index (κ1) is 11.1. The third-order valence-electron chi connectivity index (χ3n) is 3.63. The zero-order valence-corrected chi connectivity index (χ0v) is 10.2. The lowest BCUT2D eigenvalue weighted by molar-refractivity contribution is 0.476. The number of phenols is 1. The molecule has 3 rings (SSSR count). The average molecular weight is 243 g/mol. The number of aryl methyl sites for hydroxylation is 1. The number of hydrogen-bond acceptors (Lipinski definition) is 3. The molecule has 1 aliphatic rings. The Balaban J connectivity index is 2.18. The molecule has 0 radical (unpaired) electrons. The number of aromatic hydroxyl groups is 1. The van der Waals surface area contributed by atoms with Crippen LogP contribution in [0.3, 0.4) is 0 Å². The van der Waals surface area contributed by atoms with Gasteiger partial charge in [-0.15, -0.1) is 0 Å². The van der Waals surface area contributed by atoms with E-state index < -0.39 is 0 Å². The number of aromatic nitrogens is 2. The molecule has 0 bridgehead atoms. The van der Waals surface area contributed by atoms with Gasteiger partial charge in [0.1, 0.15) is 11.6 Å². The largest absolute Gasteiger partial charge is 0.507 e. The van der Waals surface area contributed by atoms with E-state index in [1.54, 1.807) is 12.1 Å². The topological polar surface area (TPSA) is 74.9 Å². The summed E-state index contributed by atoms with van der Waals surface area (Å²) >= 11 is 0. The predicted molar refractivity (Wildman–Crippen MR) is 71.4 cm³/mol. The van der Waals surface area contributed by atoms with E-state index in [1.807, 2.05) is 6.07 Å². The van der Waals surface area contributed by atoms with Gasteiger partial charge in [0, 0.05) is 11.6 Å². The molecule has 0 spiro atoms. The van der Waals surface area contributed by atoms with Crippen LogP contribution in [0.2, 0.25) is 0 Å². The molecule has 0 aliphatic heterocycles. The van der Waals surface area contributed by atoms with Gasteiger partial charge in [-0.3, -0.25) is 5.10 Å². The van der Waals surface area contributed by atoms with Crippen molar-refractivity contribution in [2.45, 2.75) is 32.1 Å². The lowest BCUT2D eigenvalue weighted by Crippen LogP contribution is -1.96. The normalized spacial score (nSPS) is 15.1. The second-order valence-corrected chi connectivity index (χ2v) is 4.86. The zero-order chi connectivity index (χ0) is 12.5. The lowest BCUT2D eigenvalue weighted by atomic mass is 9.94. The van der Waals surface area contributed by atoms with Gasteiger partial charge in [0.25, 0.3) is 0 Å². The number of fused-ring (bicyclic) bond motifs is 1. The van der Waals surface area contributed by atoms with E-state index in [2.05, 4.69) is 10.2 Å². The maximum Gasteiger partial charge on any atom is 0.145 e. The number of nitrogens with two attached hydrogens (primary N) is 1. The van der Waals surface area contributed by atoms with Crippen molar-refractivity contribution in [1.29, 1.82) is 0 Å². The summed E-state index contributed by atoms with van der Waals surface area (Å²) in [6.45, 7) is 0. The summed E-state index contributed by atoms with van der Waals surface area (Å²) in [6.07, 6.45) is 5.75. The van der Waals surface area contributed by atoms with E-state index in [9.17, 15) is 5.11 Å². The van der Waals surface area contributed by atoms with Crippen molar-refractivity contribution in [3.8, 4) is 17.0 Å². The van der Waals surface area contributed by atoms with E-state index in [4.69, 9.17) is 5.73 Å². The van der Waals surface area contributed by atoms with Crippen LogP contribution in [0.15, 0.2) is 18.2 Å². The van der Waals surface area contributed by atoms with Gasteiger partial charge in [0.2, 0.25) is 0 Å². The number of hydrogen-bond donors (Lipinski definition) is 3. The molecule has 0 atom stereocenters. The molecule has 1 aromatic heterocycles. The number of aromatic amines is 1. The van der Waals surface area contributed by atoms with Crippen LogP contribution >= 0.6 is 0 Å².